The standard InChI is InChI=1S/C15H16FN3O2/c16-11-3-1-10(2-4-11)7-19-14(8-17-12(14)20)5-6-15(19)9-18-13(15)21/h1-4H,5-9H2,(H,17,20)(H,18,21). The molecule has 2 spiro atoms. The fourth-order valence-electron chi connectivity index (χ4n) is 3.74. The first-order chi connectivity index (χ1) is 10.1. The molecular weight excluding hydrogens is 273 g/mol. The van der Waals surface area contributed by atoms with E-state index in [0.717, 1.165) is 5.56 Å². The summed E-state index contributed by atoms with van der Waals surface area (Å²) in [6.07, 6.45) is 1.40. The molecule has 3 saturated heterocycles. The van der Waals surface area contributed by atoms with Crippen molar-refractivity contribution in [3.05, 3.63) is 35.6 Å². The van der Waals surface area contributed by atoms with Gasteiger partial charge >= 0.3 is 0 Å². The number of carbonyl (C=O) groups excluding carboxylic acids is 2. The molecule has 21 heavy (non-hydrogen) atoms. The average Bonchev–Trinajstić information content (AvgIpc) is 2.86. The molecule has 3 aliphatic rings. The molecule has 4 rings (SSSR count). The van der Waals surface area contributed by atoms with Crippen LogP contribution >= 0.6 is 0 Å². The Bertz CT molecular complexity index is 600. The van der Waals surface area contributed by atoms with E-state index in [1.165, 1.54) is 12.1 Å². The van der Waals surface area contributed by atoms with Crippen LogP contribution in [-0.4, -0.2) is 40.9 Å². The normalized spacial score (nSPS) is 34.5. The highest BCUT2D eigenvalue weighted by Gasteiger charge is 2.67. The fraction of sp³-hybridized carbons (Fsp3) is 0.467. The Morgan fingerprint density at radius 2 is 1.52 bits per heavy atom. The van der Waals surface area contributed by atoms with Crippen molar-refractivity contribution >= 4 is 11.8 Å². The summed E-state index contributed by atoms with van der Waals surface area (Å²) in [5, 5.41) is 5.59. The van der Waals surface area contributed by atoms with E-state index in [9.17, 15) is 14.0 Å². The van der Waals surface area contributed by atoms with Gasteiger partial charge in [-0.25, -0.2) is 4.39 Å². The molecule has 2 N–H and O–H groups in total. The number of hydrogen-bond acceptors (Lipinski definition) is 3. The van der Waals surface area contributed by atoms with E-state index in [1.54, 1.807) is 12.1 Å². The first kappa shape index (κ1) is 12.8. The molecule has 0 aromatic heterocycles. The zero-order valence-corrected chi connectivity index (χ0v) is 11.5. The Hall–Kier alpha value is -1.95. The van der Waals surface area contributed by atoms with Crippen molar-refractivity contribution in [1.29, 1.82) is 0 Å². The third-order valence-electron chi connectivity index (χ3n) is 5.17. The minimum Gasteiger partial charge on any atom is -0.352 e. The van der Waals surface area contributed by atoms with Crippen molar-refractivity contribution in [1.82, 2.24) is 15.5 Å². The van der Waals surface area contributed by atoms with E-state index in [1.807, 2.05) is 4.90 Å². The first-order valence-corrected chi connectivity index (χ1v) is 7.16. The minimum atomic E-state index is -0.563. The van der Waals surface area contributed by atoms with Crippen LogP contribution in [0.25, 0.3) is 0 Å². The summed E-state index contributed by atoms with van der Waals surface area (Å²) in [6.45, 7) is 1.66. The summed E-state index contributed by atoms with van der Waals surface area (Å²) in [4.78, 5) is 26.2. The molecule has 0 bridgehead atoms. The van der Waals surface area contributed by atoms with Crippen LogP contribution < -0.4 is 10.6 Å². The molecule has 110 valence electrons. The summed E-state index contributed by atoms with van der Waals surface area (Å²) in [7, 11) is 0. The second-order valence-corrected chi connectivity index (χ2v) is 6.14. The molecule has 3 aliphatic heterocycles. The Balaban J connectivity index is 1.69. The Labute approximate surface area is 121 Å². The molecule has 0 aliphatic carbocycles. The van der Waals surface area contributed by atoms with E-state index in [0.29, 0.717) is 32.5 Å². The molecule has 2 atom stereocenters. The summed E-state index contributed by atoms with van der Waals surface area (Å²) < 4.78 is 13.0. The van der Waals surface area contributed by atoms with Gasteiger partial charge in [0.25, 0.3) is 0 Å². The second kappa shape index (κ2) is 4.04. The zero-order valence-electron chi connectivity index (χ0n) is 11.5. The van der Waals surface area contributed by atoms with Gasteiger partial charge in [0.05, 0.1) is 0 Å². The maximum Gasteiger partial charge on any atom is 0.242 e. The predicted octanol–water partition coefficient (Wildman–Crippen LogP) is 0.159. The third kappa shape index (κ3) is 1.53. The molecule has 0 saturated carbocycles. The van der Waals surface area contributed by atoms with Gasteiger partial charge < -0.3 is 10.6 Å². The average molecular weight is 289 g/mol. The van der Waals surface area contributed by atoms with Crippen molar-refractivity contribution in [2.45, 2.75) is 30.5 Å². The van der Waals surface area contributed by atoms with Crippen molar-refractivity contribution < 1.29 is 14.0 Å². The molecular formula is C15H16FN3O2. The van der Waals surface area contributed by atoms with Crippen LogP contribution in [0.1, 0.15) is 18.4 Å². The smallest absolute Gasteiger partial charge is 0.242 e. The highest BCUT2D eigenvalue weighted by molar-refractivity contribution is 5.98. The highest BCUT2D eigenvalue weighted by Crippen LogP contribution is 2.47. The van der Waals surface area contributed by atoms with Crippen LogP contribution in [0, 0.1) is 5.82 Å². The van der Waals surface area contributed by atoms with Crippen LogP contribution in [0.15, 0.2) is 24.3 Å². The van der Waals surface area contributed by atoms with Crippen molar-refractivity contribution in [2.24, 2.45) is 0 Å². The van der Waals surface area contributed by atoms with E-state index >= 15 is 0 Å². The van der Waals surface area contributed by atoms with Crippen LogP contribution in [0.3, 0.4) is 0 Å². The number of rotatable bonds is 2. The van der Waals surface area contributed by atoms with E-state index in [4.69, 9.17) is 0 Å². The van der Waals surface area contributed by atoms with E-state index in [2.05, 4.69) is 10.6 Å². The minimum absolute atomic E-state index is 0.00110. The summed E-state index contributed by atoms with van der Waals surface area (Å²) in [5.41, 5.74) is -0.213. The number of β-lactam (4-membered cyclic amide) rings is 2. The van der Waals surface area contributed by atoms with Gasteiger partial charge in [0.2, 0.25) is 11.8 Å². The van der Waals surface area contributed by atoms with E-state index < -0.39 is 11.1 Å². The molecule has 3 heterocycles. The maximum atomic E-state index is 13.0. The summed E-state index contributed by atoms with van der Waals surface area (Å²) in [6, 6.07) is 6.24. The van der Waals surface area contributed by atoms with Crippen LogP contribution in [0.2, 0.25) is 0 Å². The van der Waals surface area contributed by atoms with Crippen molar-refractivity contribution in [3.8, 4) is 0 Å². The topological polar surface area (TPSA) is 61.4 Å². The van der Waals surface area contributed by atoms with Gasteiger partial charge in [-0.3, -0.25) is 14.5 Å². The monoisotopic (exact) mass is 289 g/mol. The molecule has 5 nitrogen and oxygen atoms in total. The number of carbonyl (C=O) groups is 2. The predicted molar refractivity (Wildman–Crippen MR) is 72.7 cm³/mol. The van der Waals surface area contributed by atoms with E-state index in [-0.39, 0.29) is 17.6 Å². The summed E-state index contributed by atoms with van der Waals surface area (Å²) >= 11 is 0. The Morgan fingerprint density at radius 3 is 1.90 bits per heavy atom. The van der Waals surface area contributed by atoms with Gasteiger partial charge in [-0.1, -0.05) is 12.1 Å². The maximum absolute atomic E-state index is 13.0. The number of hydrogen-bond donors (Lipinski definition) is 2. The molecule has 1 aromatic carbocycles. The van der Waals surface area contributed by atoms with Crippen molar-refractivity contribution in [3.63, 3.8) is 0 Å². The number of benzene rings is 1. The van der Waals surface area contributed by atoms with Gasteiger partial charge in [-0.05, 0) is 30.5 Å². The van der Waals surface area contributed by atoms with Gasteiger partial charge in [-0.2, -0.15) is 0 Å². The molecule has 0 radical (unpaired) electrons. The highest BCUT2D eigenvalue weighted by atomic mass is 19.1. The molecule has 2 unspecified atom stereocenters. The van der Waals surface area contributed by atoms with Crippen LogP contribution in [-0.2, 0) is 16.1 Å². The Kier molecular flexibility index (Phi) is 2.45. The lowest BCUT2D eigenvalue weighted by Gasteiger charge is -2.52. The summed E-state index contributed by atoms with van der Waals surface area (Å²) in [5.74, 6) is -0.283. The number of likely N-dealkylation sites (tertiary alicyclic amines) is 1. The lowest BCUT2D eigenvalue weighted by Crippen LogP contribution is -2.79. The largest absolute Gasteiger partial charge is 0.352 e. The van der Waals surface area contributed by atoms with Crippen LogP contribution in [0.4, 0.5) is 4.39 Å². The van der Waals surface area contributed by atoms with Gasteiger partial charge in [0.15, 0.2) is 0 Å². The lowest BCUT2D eigenvalue weighted by atomic mass is 9.87. The number of nitrogens with zero attached hydrogens (tertiary/aromatic N) is 1. The molecule has 6 heteroatoms. The molecule has 3 fully saturated rings. The van der Waals surface area contributed by atoms with Gasteiger partial charge in [-0.15, -0.1) is 0 Å². The van der Waals surface area contributed by atoms with Gasteiger partial charge in [0, 0.05) is 19.6 Å². The number of nitrogens with one attached hydrogen (secondary N) is 2. The van der Waals surface area contributed by atoms with Gasteiger partial charge in [0.1, 0.15) is 16.9 Å². The SMILES string of the molecule is O=C1NCC12CCC1(CNC1=O)N2Cc1ccc(F)cc1. The molecule has 2 amide bonds. The first-order valence-electron chi connectivity index (χ1n) is 7.16. The third-order valence-corrected chi connectivity index (χ3v) is 5.17. The Morgan fingerprint density at radius 1 is 1.00 bits per heavy atom. The number of amides is 2. The lowest BCUT2D eigenvalue weighted by molar-refractivity contribution is -0.156. The fourth-order valence-corrected chi connectivity index (χ4v) is 3.74. The van der Waals surface area contributed by atoms with Crippen LogP contribution in [0.5, 0.6) is 0 Å². The molecule has 1 aromatic rings. The van der Waals surface area contributed by atoms with Crippen molar-refractivity contribution in [2.75, 3.05) is 13.1 Å². The second-order valence-electron chi connectivity index (χ2n) is 6.14. The quantitative estimate of drug-likeness (QED) is 0.762. The number of halogens is 1. The zero-order chi connectivity index (χ0) is 14.7.